The molecule has 0 fully saturated rings. The molecular weight excluding hydrogens is 1260 g/mol. The average molecular weight is 1290 g/mol. The van der Waals surface area contributed by atoms with Crippen LogP contribution in [0.3, 0.4) is 0 Å². The number of hydrogen-bond acceptors (Lipinski definition) is 43. The zero-order chi connectivity index (χ0) is 27.0. The maximum atomic E-state index is 8.63. The van der Waals surface area contributed by atoms with E-state index in [9.17, 15) is 0 Å². The minimum atomic E-state index is -6.02. The predicted molar refractivity (Wildman–Crippen MR) is 55.8 cm³/mol. The van der Waals surface area contributed by atoms with Crippen molar-refractivity contribution in [1.82, 2.24) is 0 Å². The molecule has 0 bridgehead atoms. The summed E-state index contributed by atoms with van der Waals surface area (Å²) >= 11 is -36.1. The Morgan fingerprint density at radius 3 is 0.163 bits per heavy atom. The van der Waals surface area contributed by atoms with E-state index in [1.807, 2.05) is 0 Å². The van der Waals surface area contributed by atoms with Crippen LogP contribution in [-0.2, 0) is 245 Å². The molecule has 49 heteroatoms. The fraction of sp³-hybridized carbons (Fsp3) is 0. The van der Waals surface area contributed by atoms with E-state index < -0.39 is 100 Å². The Kier molecular flexibility index (Phi) is 325. The zero-order valence-electron chi connectivity index (χ0n) is 51.0. The molecule has 0 aliphatic carbocycles. The summed E-state index contributed by atoms with van der Waals surface area (Å²) in [5.41, 5.74) is 0. The first-order chi connectivity index (χ1) is 12.0. The van der Waals surface area contributed by atoms with Crippen LogP contribution in [0.2, 0.25) is 0 Å². The van der Waals surface area contributed by atoms with Crippen molar-refractivity contribution in [3.63, 3.8) is 0 Å². The van der Waals surface area contributed by atoms with Gasteiger partial charge in [0.15, 0.2) is 0 Å². The third kappa shape index (κ3) is 437000. The molecule has 0 rings (SSSR count). The van der Waals surface area contributed by atoms with E-state index in [-0.39, 0.29) is 148 Å². The molecule has 0 aliphatic rings. The van der Waals surface area contributed by atoms with Crippen LogP contribution in [-0.4, -0.2) is 0 Å². The molecule has 0 aliphatic heterocycles. The molecule has 49 heavy (non-hydrogen) atoms. The van der Waals surface area contributed by atoms with E-state index in [2.05, 4.69) is 0 Å². The van der Waals surface area contributed by atoms with Gasteiger partial charge in [0.25, 0.3) is 0 Å². The van der Waals surface area contributed by atoms with Crippen LogP contribution in [0, 0.1) is 0 Å². The van der Waals surface area contributed by atoms with Crippen molar-refractivity contribution in [2.24, 2.45) is 0 Å². The van der Waals surface area contributed by atoms with Crippen LogP contribution >= 0.6 is 0 Å². The van der Waals surface area contributed by atoms with Gasteiger partial charge in [-0.05, 0) is 0 Å². The van der Waals surface area contributed by atoms with E-state index in [4.69, 9.17) is 85.9 Å². The van der Waals surface area contributed by atoms with Crippen molar-refractivity contribution in [3.8, 4) is 0 Å². The number of rotatable bonds is 0. The van der Waals surface area contributed by atoms with Crippen molar-refractivity contribution in [2.45, 2.75) is 0 Å². The van der Waals surface area contributed by atoms with Crippen molar-refractivity contribution in [1.29, 1.82) is 0 Å². The Labute approximate surface area is 334 Å². The third-order valence-electron chi connectivity index (χ3n) is 0. The van der Waals surface area contributed by atoms with E-state index in [1.165, 1.54) is 0 Å². The SMILES string of the molecule is [H+].[H+].[H+].[H+].[H+].[H+].[H+].[H+].[H+].[H+].[H+].[H+].[H+].[H+].[H+].[H+].[H+].[H+].[H+].[H+].[H+].[H+].[H+].[H+].[H+].[H+].[H+].[H+].[H+].[H+].[H+].[O-].[O-].[O-].[O-].[O-].[O-].[O-].[O-].[O-].[O-].[O-].[O-].[O-].[O-].[O-].[O-].[O-].[O-].[O-].[O]=[Mo](=[O])([O-])[O-].[O]=[Mo](=[O])([O-])[O-].[O]=[Mo](=[O])([O-])[O-].[O]=[Mo](=[O])([O-])[O-].[O]=[Mo](=[O])([O-])[O-].[O]=[Mo](=[O])([O-])[O-]. The van der Waals surface area contributed by atoms with Crippen LogP contribution in [0.5, 0.6) is 0 Å². The second-order valence-corrected chi connectivity index (χ2v) is 14.5. The van der Waals surface area contributed by atoms with Gasteiger partial charge in [-0.3, -0.25) is 0 Å². The summed E-state index contributed by atoms with van der Waals surface area (Å²) in [6.45, 7) is 0. The third-order valence-corrected chi connectivity index (χ3v) is 0. The molecular formula is H31Mo6O43. The van der Waals surface area contributed by atoms with Gasteiger partial charge >= 0.3 is 231 Å². The van der Waals surface area contributed by atoms with Gasteiger partial charge in [-0.1, -0.05) is 0 Å². The normalized spacial score (nSPS) is 7.10. The van der Waals surface area contributed by atoms with Crippen LogP contribution in [0.25, 0.3) is 0 Å². The summed E-state index contributed by atoms with van der Waals surface area (Å²) in [6, 6.07) is 0. The molecule has 0 heterocycles. The molecule has 0 N–H and O–H groups in total. The van der Waals surface area contributed by atoms with E-state index in [0.29, 0.717) is 0 Å². The van der Waals surface area contributed by atoms with Crippen molar-refractivity contribution >= 4 is 0 Å². The zero-order valence-corrected chi connectivity index (χ0v) is 32.0. The molecule has 0 spiro atoms. The minimum absolute atomic E-state index is 0. The fourth-order valence-electron chi connectivity index (χ4n) is 0. The molecule has 0 aromatic heterocycles. The van der Waals surface area contributed by atoms with Crippen molar-refractivity contribution in [2.75, 3.05) is 0 Å². The van der Waals surface area contributed by atoms with E-state index in [1.54, 1.807) is 0 Å². The average Bonchev–Trinajstić information content (AvgIpc) is 1.94. The van der Waals surface area contributed by atoms with Gasteiger partial charge in [0.2, 0.25) is 0 Å². The monoisotopic (exact) mass is 1310 g/mol. The number of hydrogen-bond donors (Lipinski definition) is 0. The van der Waals surface area contributed by atoms with Gasteiger partial charge < -0.3 is 104 Å². The van der Waals surface area contributed by atoms with Gasteiger partial charge in [-0.25, -0.2) is 0 Å². The van der Waals surface area contributed by atoms with Crippen LogP contribution in [0.15, 0.2) is 0 Å². The van der Waals surface area contributed by atoms with Crippen LogP contribution in [0.4, 0.5) is 0 Å². The Bertz CT molecular complexity index is 835. The molecule has 0 saturated carbocycles. The first-order valence-electron chi connectivity index (χ1n) is 4.00. The quantitative estimate of drug-likeness (QED) is 0.203. The van der Waals surface area contributed by atoms with E-state index >= 15 is 0 Å². The summed E-state index contributed by atoms with van der Waals surface area (Å²) in [6.07, 6.45) is 0. The topological polar surface area (TPSA) is 1020 Å². The van der Waals surface area contributed by atoms with Crippen molar-refractivity contribution in [3.05, 3.63) is 0 Å². The van der Waals surface area contributed by atoms with Crippen LogP contribution < -0.4 is 45.1 Å². The summed E-state index contributed by atoms with van der Waals surface area (Å²) in [5, 5.41) is 0. The Balaban J connectivity index is -0.00000000142. The summed E-state index contributed by atoms with van der Waals surface area (Å²) in [7, 11) is 0. The molecule has 0 saturated heterocycles. The first-order valence-corrected chi connectivity index (χ1v) is 23.7. The van der Waals surface area contributed by atoms with Crippen LogP contribution in [0.1, 0.15) is 44.2 Å². The maximum absolute atomic E-state index is 8.63. The van der Waals surface area contributed by atoms with Gasteiger partial charge in [-0.15, -0.1) is 0 Å². The van der Waals surface area contributed by atoms with Gasteiger partial charge in [0, 0.05) is 0 Å². The van der Waals surface area contributed by atoms with Crippen molar-refractivity contribution < 1.29 is 335 Å². The molecule has 0 aromatic rings. The Hall–Kier alpha value is 0.490. The standard InChI is InChI=1S/6Mo.43O/q;;;;;;;;;;;;;;;;;;31*-1/p+31. The van der Waals surface area contributed by atoms with Gasteiger partial charge in [0.05, 0.1) is 0 Å². The molecule has 0 atom stereocenters. The Morgan fingerprint density at radius 1 is 0.163 bits per heavy atom. The summed E-state index contributed by atoms with van der Waals surface area (Å²) in [5.74, 6) is 0. The molecule has 0 unspecified atom stereocenters. The first kappa shape index (κ1) is 194. The second-order valence-electron chi connectivity index (χ2n) is 2.45. The molecule has 43 nitrogen and oxygen atoms in total. The Morgan fingerprint density at radius 2 is 0.163 bits per heavy atom. The predicted octanol–water partition coefficient (Wildman–Crippen LogP) is -14.5. The van der Waals surface area contributed by atoms with Gasteiger partial charge in [0.1, 0.15) is 0 Å². The van der Waals surface area contributed by atoms with Gasteiger partial charge in [-0.2, -0.15) is 0 Å². The molecule has 325 valence electrons. The van der Waals surface area contributed by atoms with E-state index in [0.717, 1.165) is 0 Å². The molecule has 19 radical (unpaired) electrons. The molecule has 0 aromatic carbocycles. The summed E-state index contributed by atoms with van der Waals surface area (Å²) < 4.78 is 207. The second kappa shape index (κ2) is 82.1. The molecule has 0 amide bonds. The fourth-order valence-corrected chi connectivity index (χ4v) is 0. The summed E-state index contributed by atoms with van der Waals surface area (Å²) in [4.78, 5) is 0.